The molecule has 134 valence electrons. The fourth-order valence-electron chi connectivity index (χ4n) is 3.25. The molecule has 0 saturated carbocycles. The average molecular weight is 347 g/mol. The molecule has 0 bridgehead atoms. The Morgan fingerprint density at radius 1 is 1.28 bits per heavy atom. The third-order valence-corrected chi connectivity index (χ3v) is 4.58. The van der Waals surface area contributed by atoms with E-state index in [0.717, 1.165) is 5.56 Å². The zero-order valence-corrected chi connectivity index (χ0v) is 14.0. The van der Waals surface area contributed by atoms with Crippen LogP contribution in [0.15, 0.2) is 24.3 Å². The standard InChI is InChI=1S/C17H21N3O5/c1-25-10-15(22)19-6-7-20-14(9-19)16(23)18-13(17(20)24)8-11-2-4-12(21)5-3-11/h2-5,13-14,21H,6-10H2,1H3,(H,18,23)/t13-,14-/m0/s1. The lowest BCUT2D eigenvalue weighted by Gasteiger charge is -2.45. The molecule has 2 aliphatic heterocycles. The Morgan fingerprint density at radius 2 is 2.00 bits per heavy atom. The summed E-state index contributed by atoms with van der Waals surface area (Å²) >= 11 is 0. The lowest BCUT2D eigenvalue weighted by Crippen LogP contribution is -2.70. The van der Waals surface area contributed by atoms with Gasteiger partial charge in [0.2, 0.25) is 17.7 Å². The van der Waals surface area contributed by atoms with Crippen molar-refractivity contribution in [3.63, 3.8) is 0 Å². The molecule has 8 heteroatoms. The van der Waals surface area contributed by atoms with E-state index < -0.39 is 12.1 Å². The van der Waals surface area contributed by atoms with Crippen LogP contribution in [-0.2, 0) is 25.5 Å². The van der Waals surface area contributed by atoms with Crippen LogP contribution in [0.2, 0.25) is 0 Å². The van der Waals surface area contributed by atoms with Crippen molar-refractivity contribution >= 4 is 17.7 Å². The molecule has 3 rings (SSSR count). The molecular formula is C17H21N3O5. The van der Waals surface area contributed by atoms with Gasteiger partial charge in [-0.25, -0.2) is 0 Å². The molecule has 3 amide bonds. The van der Waals surface area contributed by atoms with E-state index in [1.807, 2.05) is 0 Å². The molecule has 8 nitrogen and oxygen atoms in total. The predicted octanol–water partition coefficient (Wildman–Crippen LogP) is -0.881. The van der Waals surface area contributed by atoms with Crippen LogP contribution in [0.1, 0.15) is 5.56 Å². The molecular weight excluding hydrogens is 326 g/mol. The van der Waals surface area contributed by atoms with Crippen molar-refractivity contribution in [2.45, 2.75) is 18.5 Å². The normalized spacial score (nSPS) is 23.2. The summed E-state index contributed by atoms with van der Waals surface area (Å²) < 4.78 is 4.84. The first-order valence-electron chi connectivity index (χ1n) is 8.15. The molecule has 2 aliphatic rings. The van der Waals surface area contributed by atoms with Gasteiger partial charge in [0.05, 0.1) is 6.54 Å². The van der Waals surface area contributed by atoms with Crippen LogP contribution in [0, 0.1) is 0 Å². The van der Waals surface area contributed by atoms with E-state index in [1.165, 1.54) is 7.11 Å². The molecule has 2 fully saturated rings. The minimum absolute atomic E-state index is 0.0359. The Labute approximate surface area is 145 Å². The van der Waals surface area contributed by atoms with Gasteiger partial charge in [0.15, 0.2) is 0 Å². The second kappa shape index (κ2) is 7.10. The summed E-state index contributed by atoms with van der Waals surface area (Å²) in [5.74, 6) is -0.428. The van der Waals surface area contributed by atoms with Crippen molar-refractivity contribution < 1.29 is 24.2 Å². The minimum Gasteiger partial charge on any atom is -0.508 e. The number of rotatable bonds is 4. The number of aromatic hydroxyl groups is 1. The number of ether oxygens (including phenoxy) is 1. The molecule has 0 radical (unpaired) electrons. The Hall–Kier alpha value is -2.61. The highest BCUT2D eigenvalue weighted by molar-refractivity contribution is 5.98. The molecule has 0 aromatic heterocycles. The molecule has 0 aliphatic carbocycles. The first-order chi connectivity index (χ1) is 12.0. The van der Waals surface area contributed by atoms with E-state index in [-0.39, 0.29) is 36.6 Å². The molecule has 2 saturated heterocycles. The Bertz CT molecular complexity index is 675. The van der Waals surface area contributed by atoms with E-state index in [2.05, 4.69) is 5.32 Å². The number of carbonyl (C=O) groups is 3. The highest BCUT2D eigenvalue weighted by atomic mass is 16.5. The van der Waals surface area contributed by atoms with Crippen LogP contribution in [0.4, 0.5) is 0 Å². The molecule has 0 spiro atoms. The Morgan fingerprint density at radius 3 is 2.68 bits per heavy atom. The summed E-state index contributed by atoms with van der Waals surface area (Å²) in [5.41, 5.74) is 0.851. The van der Waals surface area contributed by atoms with Crippen molar-refractivity contribution in [2.75, 3.05) is 33.4 Å². The summed E-state index contributed by atoms with van der Waals surface area (Å²) in [6, 6.07) is 5.26. The summed E-state index contributed by atoms with van der Waals surface area (Å²) in [5, 5.41) is 12.1. The van der Waals surface area contributed by atoms with E-state index >= 15 is 0 Å². The maximum Gasteiger partial charge on any atom is 0.248 e. The number of amides is 3. The topological polar surface area (TPSA) is 99.2 Å². The number of phenols is 1. The number of nitrogens with zero attached hydrogens (tertiary/aromatic N) is 2. The fraction of sp³-hybridized carbons (Fsp3) is 0.471. The van der Waals surface area contributed by atoms with Crippen LogP contribution >= 0.6 is 0 Å². The summed E-state index contributed by atoms with van der Waals surface area (Å²) in [6.07, 6.45) is 0.362. The van der Waals surface area contributed by atoms with E-state index in [1.54, 1.807) is 34.1 Å². The number of hydrogen-bond acceptors (Lipinski definition) is 5. The lowest BCUT2D eigenvalue weighted by atomic mass is 9.98. The molecule has 2 N–H and O–H groups in total. The number of benzene rings is 1. The van der Waals surface area contributed by atoms with Gasteiger partial charge < -0.3 is 25.0 Å². The van der Waals surface area contributed by atoms with Gasteiger partial charge in [0, 0.05) is 26.6 Å². The number of hydrogen-bond donors (Lipinski definition) is 2. The maximum atomic E-state index is 12.7. The van der Waals surface area contributed by atoms with Gasteiger partial charge in [-0.05, 0) is 17.7 Å². The molecule has 2 heterocycles. The van der Waals surface area contributed by atoms with Crippen molar-refractivity contribution in [1.82, 2.24) is 15.1 Å². The van der Waals surface area contributed by atoms with E-state index in [4.69, 9.17) is 4.74 Å². The van der Waals surface area contributed by atoms with Crippen molar-refractivity contribution in [2.24, 2.45) is 0 Å². The molecule has 25 heavy (non-hydrogen) atoms. The van der Waals surface area contributed by atoms with Crippen molar-refractivity contribution in [3.05, 3.63) is 29.8 Å². The zero-order valence-electron chi connectivity index (χ0n) is 14.0. The van der Waals surface area contributed by atoms with Gasteiger partial charge in [0.1, 0.15) is 24.4 Å². The number of nitrogens with one attached hydrogen (secondary N) is 1. The van der Waals surface area contributed by atoms with Gasteiger partial charge in [-0.2, -0.15) is 0 Å². The maximum absolute atomic E-state index is 12.7. The number of carbonyl (C=O) groups excluding carboxylic acids is 3. The average Bonchev–Trinajstić information content (AvgIpc) is 2.61. The van der Waals surface area contributed by atoms with Crippen LogP contribution in [0.25, 0.3) is 0 Å². The Kier molecular flexibility index (Phi) is 4.89. The summed E-state index contributed by atoms with van der Waals surface area (Å²) in [6.45, 7) is 0.875. The third kappa shape index (κ3) is 3.58. The number of piperazine rings is 2. The van der Waals surface area contributed by atoms with Crippen molar-refractivity contribution in [1.29, 1.82) is 0 Å². The number of phenolic OH excluding ortho intramolecular Hbond substituents is 1. The lowest BCUT2D eigenvalue weighted by molar-refractivity contribution is -0.156. The molecule has 1 aromatic rings. The van der Waals surface area contributed by atoms with E-state index in [9.17, 15) is 19.5 Å². The highest BCUT2D eigenvalue weighted by Crippen LogP contribution is 2.19. The molecule has 2 atom stereocenters. The molecule has 0 unspecified atom stereocenters. The van der Waals surface area contributed by atoms with Gasteiger partial charge in [-0.1, -0.05) is 12.1 Å². The van der Waals surface area contributed by atoms with Crippen LogP contribution in [0.5, 0.6) is 5.75 Å². The van der Waals surface area contributed by atoms with Crippen molar-refractivity contribution in [3.8, 4) is 5.75 Å². The smallest absolute Gasteiger partial charge is 0.248 e. The fourth-order valence-corrected chi connectivity index (χ4v) is 3.25. The predicted molar refractivity (Wildman–Crippen MR) is 87.7 cm³/mol. The zero-order chi connectivity index (χ0) is 18.0. The highest BCUT2D eigenvalue weighted by Gasteiger charge is 2.44. The molecule has 1 aromatic carbocycles. The first kappa shape index (κ1) is 17.2. The summed E-state index contributed by atoms with van der Waals surface area (Å²) in [7, 11) is 1.44. The van der Waals surface area contributed by atoms with Crippen LogP contribution < -0.4 is 5.32 Å². The SMILES string of the molecule is COCC(=O)N1CCN2C(=O)[C@H](Cc3ccc(O)cc3)NC(=O)[C@@H]2C1. The largest absolute Gasteiger partial charge is 0.508 e. The van der Waals surface area contributed by atoms with Gasteiger partial charge in [-0.15, -0.1) is 0 Å². The number of fused-ring (bicyclic) bond motifs is 1. The first-order valence-corrected chi connectivity index (χ1v) is 8.15. The van der Waals surface area contributed by atoms with Gasteiger partial charge in [-0.3, -0.25) is 14.4 Å². The van der Waals surface area contributed by atoms with Gasteiger partial charge in [0.25, 0.3) is 0 Å². The second-order valence-electron chi connectivity index (χ2n) is 6.25. The quantitative estimate of drug-likeness (QED) is 0.737. The van der Waals surface area contributed by atoms with Crippen LogP contribution in [0.3, 0.4) is 0 Å². The summed E-state index contributed by atoms with van der Waals surface area (Å²) in [4.78, 5) is 40.2. The monoisotopic (exact) mass is 347 g/mol. The van der Waals surface area contributed by atoms with E-state index in [0.29, 0.717) is 19.5 Å². The number of methoxy groups -OCH3 is 1. The minimum atomic E-state index is -0.655. The second-order valence-corrected chi connectivity index (χ2v) is 6.25. The Balaban J connectivity index is 1.68. The van der Waals surface area contributed by atoms with Gasteiger partial charge >= 0.3 is 0 Å². The van der Waals surface area contributed by atoms with Crippen LogP contribution in [-0.4, -0.2) is 78.1 Å². The third-order valence-electron chi connectivity index (χ3n) is 4.58.